The number of nitrogens with zero attached hydrogens (tertiary/aromatic N) is 4. The third-order valence-electron chi connectivity index (χ3n) is 1.75. The minimum atomic E-state index is -3.85. The first-order chi connectivity index (χ1) is 7.92. The molecular weight excluding hydrogens is 250 g/mol. The second-order valence-electron chi connectivity index (χ2n) is 3.04. The first kappa shape index (κ1) is 13.3. The molecule has 1 aromatic rings. The van der Waals surface area contributed by atoms with Gasteiger partial charge in [0.25, 0.3) is 5.95 Å². The molecule has 0 aliphatic heterocycles. The Morgan fingerprint density at radius 1 is 1.53 bits per heavy atom. The molecule has 0 radical (unpaired) electrons. The molecule has 0 aliphatic carbocycles. The van der Waals surface area contributed by atoms with Crippen LogP contribution in [0.25, 0.3) is 0 Å². The fourth-order valence-corrected chi connectivity index (χ4v) is 1.67. The van der Waals surface area contributed by atoms with E-state index in [1.807, 2.05) is 0 Å². The first-order valence-corrected chi connectivity index (χ1v) is 5.95. The minimum Gasteiger partial charge on any atom is -0.481 e. The molecule has 1 aromatic heterocycles. The third kappa shape index (κ3) is 4.28. The fraction of sp³-hybridized carbons (Fsp3) is 0.429. The molecule has 0 aromatic carbocycles. The predicted molar refractivity (Wildman–Crippen MR) is 57.3 cm³/mol. The van der Waals surface area contributed by atoms with Crippen LogP contribution in [0.15, 0.2) is 12.4 Å². The number of carboxylic acids is 1. The predicted octanol–water partition coefficient (Wildman–Crippen LogP) is -1.07. The van der Waals surface area contributed by atoms with E-state index in [1.54, 1.807) is 0 Å². The maximum absolute atomic E-state index is 11.6. The van der Waals surface area contributed by atoms with Crippen LogP contribution in [0.1, 0.15) is 6.42 Å². The Kier molecular flexibility index (Phi) is 4.29. The van der Waals surface area contributed by atoms with E-state index in [0.29, 0.717) is 0 Å². The third-order valence-corrected chi connectivity index (χ3v) is 3.20. The highest BCUT2D eigenvalue weighted by molar-refractivity contribution is 7.90. The van der Waals surface area contributed by atoms with Crippen LogP contribution in [0, 0.1) is 0 Å². The number of nitrogens with one attached hydrogen (secondary N) is 1. The molecule has 0 unspecified atom stereocenters. The van der Waals surface area contributed by atoms with Crippen LogP contribution in [0.2, 0.25) is 0 Å². The molecule has 0 saturated carbocycles. The first-order valence-electron chi connectivity index (χ1n) is 4.51. The maximum Gasteiger partial charge on any atom is 0.304 e. The van der Waals surface area contributed by atoms with Gasteiger partial charge in [-0.25, -0.2) is 9.71 Å². The summed E-state index contributed by atoms with van der Waals surface area (Å²) in [6.45, 7) is -0.148. The zero-order valence-electron chi connectivity index (χ0n) is 8.94. The molecular formula is C7H11N5O4S. The van der Waals surface area contributed by atoms with E-state index in [2.05, 4.69) is 19.9 Å². The Balaban J connectivity index is 2.65. The van der Waals surface area contributed by atoms with E-state index in [0.717, 1.165) is 4.31 Å². The monoisotopic (exact) mass is 261 g/mol. The number of aromatic nitrogens is 3. The quantitative estimate of drug-likeness (QED) is 0.668. The van der Waals surface area contributed by atoms with Gasteiger partial charge in [-0.15, -0.1) is 5.10 Å². The number of hydrogen-bond acceptors (Lipinski definition) is 6. The number of hydrogen-bond donors (Lipinski definition) is 2. The van der Waals surface area contributed by atoms with E-state index in [9.17, 15) is 13.2 Å². The summed E-state index contributed by atoms with van der Waals surface area (Å²) < 4.78 is 26.2. The van der Waals surface area contributed by atoms with Gasteiger partial charge in [0.1, 0.15) is 0 Å². The van der Waals surface area contributed by atoms with Gasteiger partial charge in [-0.1, -0.05) is 0 Å². The maximum atomic E-state index is 11.6. The topological polar surface area (TPSA) is 125 Å². The Morgan fingerprint density at radius 3 is 2.76 bits per heavy atom. The summed E-state index contributed by atoms with van der Waals surface area (Å²) in [6.07, 6.45) is 2.29. The molecule has 0 saturated heterocycles. The lowest BCUT2D eigenvalue weighted by atomic mass is 10.4. The Labute approximate surface area is 97.7 Å². The number of carboxylic acid groups (broad SMARTS) is 1. The van der Waals surface area contributed by atoms with Crippen molar-refractivity contribution in [2.45, 2.75) is 6.42 Å². The minimum absolute atomic E-state index is 0.148. The van der Waals surface area contributed by atoms with Crippen molar-refractivity contribution >= 4 is 22.1 Å². The summed E-state index contributed by atoms with van der Waals surface area (Å²) in [6, 6.07) is 0. The summed E-state index contributed by atoms with van der Waals surface area (Å²) in [5, 5.41) is 15.3. The van der Waals surface area contributed by atoms with Gasteiger partial charge in [-0.2, -0.15) is 17.8 Å². The summed E-state index contributed by atoms with van der Waals surface area (Å²) in [5.74, 6) is -1.25. The zero-order valence-corrected chi connectivity index (χ0v) is 9.75. The molecule has 0 bridgehead atoms. The largest absolute Gasteiger partial charge is 0.481 e. The molecule has 0 aliphatic rings. The van der Waals surface area contributed by atoms with Crippen molar-refractivity contribution in [2.24, 2.45) is 0 Å². The molecule has 2 N–H and O–H groups in total. The van der Waals surface area contributed by atoms with Crippen LogP contribution in [0.4, 0.5) is 5.95 Å². The lowest BCUT2D eigenvalue weighted by Gasteiger charge is -2.15. The van der Waals surface area contributed by atoms with Gasteiger partial charge >= 0.3 is 16.2 Å². The van der Waals surface area contributed by atoms with Gasteiger partial charge in [-0.05, 0) is 0 Å². The number of anilines is 1. The molecule has 17 heavy (non-hydrogen) atoms. The van der Waals surface area contributed by atoms with Crippen molar-refractivity contribution in [3.63, 3.8) is 0 Å². The lowest BCUT2D eigenvalue weighted by molar-refractivity contribution is -0.137. The van der Waals surface area contributed by atoms with Crippen molar-refractivity contribution in [3.8, 4) is 0 Å². The second kappa shape index (κ2) is 5.50. The fourth-order valence-electron chi connectivity index (χ4n) is 0.861. The van der Waals surface area contributed by atoms with Gasteiger partial charge in [0.05, 0.1) is 18.8 Å². The molecule has 0 amide bonds. The summed E-state index contributed by atoms with van der Waals surface area (Å²) in [7, 11) is -2.60. The average Bonchev–Trinajstić information content (AvgIpc) is 2.26. The molecule has 0 spiro atoms. The highest BCUT2D eigenvalue weighted by atomic mass is 32.2. The van der Waals surface area contributed by atoms with Crippen LogP contribution >= 0.6 is 0 Å². The SMILES string of the molecule is CN(CCC(=O)O)S(=O)(=O)Nc1nccnn1. The molecule has 9 nitrogen and oxygen atoms in total. The summed E-state index contributed by atoms with van der Waals surface area (Å²) in [5.41, 5.74) is 0. The molecule has 1 rings (SSSR count). The van der Waals surface area contributed by atoms with Gasteiger partial charge in [0.2, 0.25) is 0 Å². The molecule has 0 atom stereocenters. The number of carbonyl (C=O) groups is 1. The average molecular weight is 261 g/mol. The number of rotatable bonds is 6. The Bertz CT molecular complexity index is 476. The molecule has 94 valence electrons. The molecule has 1 heterocycles. The van der Waals surface area contributed by atoms with Crippen LogP contribution in [0.5, 0.6) is 0 Å². The summed E-state index contributed by atoms with van der Waals surface area (Å²) in [4.78, 5) is 13.9. The van der Waals surface area contributed by atoms with E-state index in [4.69, 9.17) is 5.11 Å². The highest BCUT2D eigenvalue weighted by Crippen LogP contribution is 2.03. The summed E-state index contributed by atoms with van der Waals surface area (Å²) >= 11 is 0. The number of aliphatic carboxylic acids is 1. The van der Waals surface area contributed by atoms with E-state index < -0.39 is 16.2 Å². The van der Waals surface area contributed by atoms with Gasteiger partial charge < -0.3 is 5.11 Å². The highest BCUT2D eigenvalue weighted by Gasteiger charge is 2.19. The Morgan fingerprint density at radius 2 is 2.24 bits per heavy atom. The molecule has 0 fully saturated rings. The molecule has 10 heteroatoms. The van der Waals surface area contributed by atoms with Gasteiger partial charge in [-0.3, -0.25) is 4.79 Å². The van der Waals surface area contributed by atoms with E-state index in [-0.39, 0.29) is 18.9 Å². The van der Waals surface area contributed by atoms with Crippen LogP contribution in [-0.2, 0) is 15.0 Å². The van der Waals surface area contributed by atoms with Crippen molar-refractivity contribution in [3.05, 3.63) is 12.4 Å². The van der Waals surface area contributed by atoms with Crippen molar-refractivity contribution in [1.29, 1.82) is 0 Å². The normalized spacial score (nSPS) is 11.4. The van der Waals surface area contributed by atoms with Crippen molar-refractivity contribution < 1.29 is 18.3 Å². The Hall–Kier alpha value is -1.81. The van der Waals surface area contributed by atoms with Crippen molar-refractivity contribution in [2.75, 3.05) is 18.3 Å². The van der Waals surface area contributed by atoms with E-state index >= 15 is 0 Å². The van der Waals surface area contributed by atoms with E-state index in [1.165, 1.54) is 19.4 Å². The lowest BCUT2D eigenvalue weighted by Crippen LogP contribution is -2.34. The smallest absolute Gasteiger partial charge is 0.304 e. The van der Waals surface area contributed by atoms with Gasteiger partial charge in [0.15, 0.2) is 0 Å². The van der Waals surface area contributed by atoms with Gasteiger partial charge in [0, 0.05) is 13.6 Å². The standard InChI is InChI=1S/C7H11N5O4S/c1-12(5-2-6(13)14)17(15,16)11-7-8-3-4-9-10-7/h3-4H,2,5H2,1H3,(H,13,14)(H,8,10,11). The second-order valence-corrected chi connectivity index (χ2v) is 4.82. The van der Waals surface area contributed by atoms with Crippen LogP contribution in [0.3, 0.4) is 0 Å². The van der Waals surface area contributed by atoms with Crippen molar-refractivity contribution in [1.82, 2.24) is 19.5 Å². The van der Waals surface area contributed by atoms with Crippen LogP contribution < -0.4 is 4.72 Å². The van der Waals surface area contributed by atoms with Crippen LogP contribution in [-0.4, -0.2) is 52.6 Å². The zero-order chi connectivity index (χ0) is 12.9.